The molecule has 0 amide bonds. The SMILES string of the molecule is Cc1cc(C)n(C2CN([C@@H]3CS(=O)(=O)C[C@@H]3O)C2)n1. The molecular formula is C12H19N3O3S. The molecule has 6 nitrogen and oxygen atoms in total. The van der Waals surface area contributed by atoms with Crippen LogP contribution in [0.3, 0.4) is 0 Å². The quantitative estimate of drug-likeness (QED) is 0.794. The van der Waals surface area contributed by atoms with Crippen molar-refractivity contribution in [2.24, 2.45) is 0 Å². The molecule has 7 heteroatoms. The van der Waals surface area contributed by atoms with Crippen LogP contribution in [0.4, 0.5) is 0 Å². The second-order valence-corrected chi connectivity index (χ2v) is 7.84. The monoisotopic (exact) mass is 285 g/mol. The highest BCUT2D eigenvalue weighted by molar-refractivity contribution is 7.91. The van der Waals surface area contributed by atoms with E-state index in [4.69, 9.17) is 0 Å². The predicted octanol–water partition coefficient (Wildman–Crippen LogP) is -0.485. The minimum absolute atomic E-state index is 0.0814. The molecule has 106 valence electrons. The Morgan fingerprint density at radius 3 is 2.47 bits per heavy atom. The first kappa shape index (κ1) is 13.1. The summed E-state index contributed by atoms with van der Waals surface area (Å²) in [5, 5.41) is 14.3. The molecule has 0 saturated carbocycles. The van der Waals surface area contributed by atoms with E-state index in [0.717, 1.165) is 24.5 Å². The second kappa shape index (κ2) is 4.29. The minimum Gasteiger partial charge on any atom is -0.390 e. The molecule has 2 aliphatic rings. The average Bonchev–Trinajstić information content (AvgIpc) is 2.65. The number of aliphatic hydroxyl groups excluding tert-OH is 1. The molecule has 2 saturated heterocycles. The van der Waals surface area contributed by atoms with Gasteiger partial charge in [0.2, 0.25) is 0 Å². The zero-order valence-electron chi connectivity index (χ0n) is 11.2. The fourth-order valence-corrected chi connectivity index (χ4v) is 4.92. The first-order valence-electron chi connectivity index (χ1n) is 6.51. The molecule has 1 aromatic heterocycles. The standard InChI is InChI=1S/C12H19N3O3S/c1-8-3-9(2)15(13-8)10-4-14(5-10)11-6-19(17,18)7-12(11)16/h3,10-12,16H,4-7H2,1-2H3/t11-,12+/m1/s1. The molecule has 19 heavy (non-hydrogen) atoms. The van der Waals surface area contributed by atoms with Gasteiger partial charge in [-0.05, 0) is 19.9 Å². The number of sulfone groups is 1. The summed E-state index contributed by atoms with van der Waals surface area (Å²) < 4.78 is 25.0. The van der Waals surface area contributed by atoms with Crippen molar-refractivity contribution in [3.8, 4) is 0 Å². The summed E-state index contributed by atoms with van der Waals surface area (Å²) in [6.07, 6.45) is -0.744. The van der Waals surface area contributed by atoms with Crippen LogP contribution in [-0.2, 0) is 9.84 Å². The van der Waals surface area contributed by atoms with Gasteiger partial charge in [-0.15, -0.1) is 0 Å². The lowest BCUT2D eigenvalue weighted by atomic mass is 10.0. The van der Waals surface area contributed by atoms with Crippen LogP contribution in [0, 0.1) is 13.8 Å². The van der Waals surface area contributed by atoms with E-state index >= 15 is 0 Å². The van der Waals surface area contributed by atoms with E-state index in [-0.39, 0.29) is 17.5 Å². The van der Waals surface area contributed by atoms with Gasteiger partial charge >= 0.3 is 0 Å². The van der Waals surface area contributed by atoms with E-state index in [1.165, 1.54) is 0 Å². The van der Waals surface area contributed by atoms with Crippen molar-refractivity contribution < 1.29 is 13.5 Å². The van der Waals surface area contributed by atoms with Crippen LogP contribution in [0.25, 0.3) is 0 Å². The summed E-state index contributed by atoms with van der Waals surface area (Å²) in [6.45, 7) is 5.52. The summed E-state index contributed by atoms with van der Waals surface area (Å²) >= 11 is 0. The van der Waals surface area contributed by atoms with Gasteiger partial charge in [0.1, 0.15) is 0 Å². The van der Waals surface area contributed by atoms with Crippen LogP contribution < -0.4 is 0 Å². The molecule has 0 spiro atoms. The fraction of sp³-hybridized carbons (Fsp3) is 0.750. The van der Waals surface area contributed by atoms with Gasteiger partial charge < -0.3 is 5.11 Å². The van der Waals surface area contributed by atoms with Crippen molar-refractivity contribution in [3.05, 3.63) is 17.5 Å². The molecule has 0 bridgehead atoms. The molecule has 0 aromatic carbocycles. The Hall–Kier alpha value is -0.920. The molecule has 1 N–H and O–H groups in total. The molecular weight excluding hydrogens is 266 g/mol. The van der Waals surface area contributed by atoms with Crippen molar-refractivity contribution >= 4 is 9.84 Å². The lowest BCUT2D eigenvalue weighted by Gasteiger charge is -2.44. The normalized spacial score (nSPS) is 31.5. The largest absolute Gasteiger partial charge is 0.390 e. The molecule has 1 aromatic rings. The first-order valence-corrected chi connectivity index (χ1v) is 8.33. The molecule has 2 fully saturated rings. The van der Waals surface area contributed by atoms with E-state index in [9.17, 15) is 13.5 Å². The van der Waals surface area contributed by atoms with Crippen molar-refractivity contribution in [3.63, 3.8) is 0 Å². The molecule has 2 aliphatic heterocycles. The van der Waals surface area contributed by atoms with Crippen molar-refractivity contribution in [2.45, 2.75) is 32.0 Å². The Bertz CT molecular complexity index is 589. The summed E-state index contributed by atoms with van der Waals surface area (Å²) in [5.41, 5.74) is 2.13. The number of likely N-dealkylation sites (tertiary alicyclic amines) is 1. The van der Waals surface area contributed by atoms with Crippen molar-refractivity contribution in [1.82, 2.24) is 14.7 Å². The van der Waals surface area contributed by atoms with Gasteiger partial charge in [-0.1, -0.05) is 0 Å². The van der Waals surface area contributed by atoms with E-state index in [2.05, 4.69) is 10.00 Å². The van der Waals surface area contributed by atoms with E-state index in [1.807, 2.05) is 24.6 Å². The number of aromatic nitrogens is 2. The highest BCUT2D eigenvalue weighted by Crippen LogP contribution is 2.29. The van der Waals surface area contributed by atoms with Crippen molar-refractivity contribution in [1.29, 1.82) is 0 Å². The maximum atomic E-state index is 11.5. The van der Waals surface area contributed by atoms with Crippen molar-refractivity contribution in [2.75, 3.05) is 24.6 Å². The maximum Gasteiger partial charge on any atom is 0.154 e. The van der Waals surface area contributed by atoms with Crippen LogP contribution in [0.1, 0.15) is 17.4 Å². The number of aliphatic hydroxyl groups is 1. The predicted molar refractivity (Wildman–Crippen MR) is 70.8 cm³/mol. The van der Waals surface area contributed by atoms with E-state index in [0.29, 0.717) is 6.04 Å². The van der Waals surface area contributed by atoms with Gasteiger partial charge in [-0.3, -0.25) is 9.58 Å². The van der Waals surface area contributed by atoms with Crippen LogP contribution >= 0.6 is 0 Å². The smallest absolute Gasteiger partial charge is 0.154 e. The number of rotatable bonds is 2. The third kappa shape index (κ3) is 2.30. The zero-order valence-corrected chi connectivity index (χ0v) is 12.0. The summed E-state index contributed by atoms with van der Waals surface area (Å²) in [6, 6.07) is 2.10. The zero-order chi connectivity index (χ0) is 13.8. The third-order valence-electron chi connectivity index (χ3n) is 4.04. The lowest BCUT2D eigenvalue weighted by molar-refractivity contribution is 0.00777. The molecule has 2 atom stereocenters. The lowest BCUT2D eigenvalue weighted by Crippen LogP contribution is -2.56. The summed E-state index contributed by atoms with van der Waals surface area (Å²) in [5.74, 6) is -0.0171. The summed E-state index contributed by atoms with van der Waals surface area (Å²) in [7, 11) is -3.07. The number of hydrogen-bond donors (Lipinski definition) is 1. The Kier molecular flexibility index (Phi) is 2.95. The van der Waals surface area contributed by atoms with Gasteiger partial charge in [0.15, 0.2) is 9.84 Å². The van der Waals surface area contributed by atoms with Gasteiger partial charge in [0, 0.05) is 18.8 Å². The van der Waals surface area contributed by atoms with E-state index in [1.54, 1.807) is 0 Å². The van der Waals surface area contributed by atoms with E-state index < -0.39 is 15.9 Å². The van der Waals surface area contributed by atoms with Crippen LogP contribution in [-0.4, -0.2) is 64.9 Å². The fourth-order valence-electron chi connectivity index (χ4n) is 3.09. The Morgan fingerprint density at radius 2 is 2.00 bits per heavy atom. The maximum absolute atomic E-state index is 11.5. The highest BCUT2D eigenvalue weighted by atomic mass is 32.2. The molecule has 3 heterocycles. The van der Waals surface area contributed by atoms with Crippen LogP contribution in [0.5, 0.6) is 0 Å². The topological polar surface area (TPSA) is 75.4 Å². The molecule has 0 unspecified atom stereocenters. The molecule has 0 aliphatic carbocycles. The Morgan fingerprint density at radius 1 is 1.32 bits per heavy atom. The second-order valence-electron chi connectivity index (χ2n) is 5.69. The average molecular weight is 285 g/mol. The first-order chi connectivity index (χ1) is 8.85. The minimum atomic E-state index is -3.07. The van der Waals surface area contributed by atoms with Crippen LogP contribution in [0.15, 0.2) is 6.07 Å². The Balaban J connectivity index is 1.66. The number of nitrogens with zero attached hydrogens (tertiary/aromatic N) is 3. The number of hydrogen-bond acceptors (Lipinski definition) is 5. The summed E-state index contributed by atoms with van der Waals surface area (Å²) in [4.78, 5) is 2.05. The third-order valence-corrected chi connectivity index (χ3v) is 5.74. The molecule has 0 radical (unpaired) electrons. The highest BCUT2D eigenvalue weighted by Gasteiger charge is 2.44. The van der Waals surface area contributed by atoms with Gasteiger partial charge in [-0.25, -0.2) is 8.42 Å². The van der Waals surface area contributed by atoms with Crippen LogP contribution in [0.2, 0.25) is 0 Å². The Labute approximate surface area is 112 Å². The molecule has 3 rings (SSSR count). The number of aryl methyl sites for hydroxylation is 2. The van der Waals surface area contributed by atoms with Gasteiger partial charge in [0.05, 0.1) is 35.4 Å². The van der Waals surface area contributed by atoms with Gasteiger partial charge in [-0.2, -0.15) is 5.10 Å². The van der Waals surface area contributed by atoms with Gasteiger partial charge in [0.25, 0.3) is 0 Å².